The molecular weight excluding hydrogens is 409 g/mol. The van der Waals surface area contributed by atoms with Gasteiger partial charge in [0.15, 0.2) is 5.13 Å². The summed E-state index contributed by atoms with van der Waals surface area (Å²) < 4.78 is 40.6. The van der Waals surface area contributed by atoms with Gasteiger partial charge in [-0.3, -0.25) is 0 Å². The molecule has 2 aromatic heterocycles. The number of thiazole rings is 1. The quantitative estimate of drug-likeness (QED) is 0.393. The highest BCUT2D eigenvalue weighted by atomic mass is 35.5. The molecule has 2 aromatic carbocycles. The van der Waals surface area contributed by atoms with Crippen molar-refractivity contribution in [1.82, 2.24) is 9.97 Å². The summed E-state index contributed by atoms with van der Waals surface area (Å²) in [6.45, 7) is 1.22. The molecule has 0 aliphatic carbocycles. The Hall–Kier alpha value is -2.45. The van der Waals surface area contributed by atoms with E-state index in [1.165, 1.54) is 16.9 Å². The van der Waals surface area contributed by atoms with Crippen LogP contribution in [0, 0.1) is 0 Å². The van der Waals surface area contributed by atoms with Crippen LogP contribution in [0.3, 0.4) is 0 Å². The van der Waals surface area contributed by atoms with Gasteiger partial charge in [0.25, 0.3) is 0 Å². The molecule has 0 unspecified atom stereocenters. The lowest BCUT2D eigenvalue weighted by Crippen LogP contribution is -2.30. The van der Waals surface area contributed by atoms with Crippen molar-refractivity contribution in [1.29, 1.82) is 0 Å². The fourth-order valence-corrected chi connectivity index (χ4v) is 5.00. The summed E-state index contributed by atoms with van der Waals surface area (Å²) in [7, 11) is 0. The number of nitrogens with two attached hydrogens (primary N) is 1. The van der Waals surface area contributed by atoms with E-state index in [0.29, 0.717) is 27.9 Å². The number of nitrogens with one attached hydrogen (secondary N) is 1. The fourth-order valence-electron chi connectivity index (χ4n) is 3.77. The topological polar surface area (TPSA) is 57.9 Å². The summed E-state index contributed by atoms with van der Waals surface area (Å²) >= 11 is 7.35. The van der Waals surface area contributed by atoms with E-state index in [1.807, 2.05) is 23.1 Å². The van der Waals surface area contributed by atoms with E-state index in [1.54, 1.807) is 6.07 Å². The molecule has 4 aromatic rings. The second-order valence-corrected chi connectivity index (χ2v) is 8.30. The minimum absolute atomic E-state index is 0.0454. The Labute approximate surface area is 166 Å². The first-order chi connectivity index (χ1) is 13.3. The van der Waals surface area contributed by atoms with Crippen molar-refractivity contribution in [2.75, 3.05) is 17.2 Å². The number of nitrogen functional groups attached to an aromatic ring is 1. The zero-order valence-electron chi connectivity index (χ0n) is 14.4. The number of H-pyrrole nitrogens is 1. The molecule has 0 saturated carbocycles. The number of aromatic amines is 1. The average molecular weight is 423 g/mol. The minimum atomic E-state index is -4.50. The maximum atomic E-state index is 13.4. The van der Waals surface area contributed by atoms with Gasteiger partial charge in [-0.05, 0) is 42.3 Å². The molecule has 1 aliphatic heterocycles. The van der Waals surface area contributed by atoms with E-state index in [2.05, 4.69) is 9.97 Å². The van der Waals surface area contributed by atoms with Crippen molar-refractivity contribution < 1.29 is 13.2 Å². The van der Waals surface area contributed by atoms with E-state index < -0.39 is 11.7 Å². The number of halogens is 4. The monoisotopic (exact) mass is 422 g/mol. The van der Waals surface area contributed by atoms with E-state index in [0.717, 1.165) is 29.1 Å². The molecule has 0 bridgehead atoms. The van der Waals surface area contributed by atoms with Gasteiger partial charge in [-0.2, -0.15) is 13.2 Å². The Morgan fingerprint density at radius 1 is 1.21 bits per heavy atom. The molecule has 1 aliphatic rings. The van der Waals surface area contributed by atoms with Crippen molar-refractivity contribution in [3.8, 4) is 0 Å². The molecule has 0 spiro atoms. The average Bonchev–Trinajstić information content (AvgIpc) is 3.20. The summed E-state index contributed by atoms with van der Waals surface area (Å²) in [4.78, 5) is 9.72. The molecule has 0 saturated heterocycles. The highest BCUT2D eigenvalue weighted by molar-refractivity contribution is 7.22. The number of hydrogen-bond donors (Lipinski definition) is 2. The van der Waals surface area contributed by atoms with Gasteiger partial charge in [-0.1, -0.05) is 22.9 Å². The van der Waals surface area contributed by atoms with Crippen LogP contribution < -0.4 is 10.6 Å². The molecule has 5 rings (SSSR count). The highest BCUT2D eigenvalue weighted by Gasteiger charge is 2.35. The molecule has 9 heteroatoms. The Kier molecular flexibility index (Phi) is 3.79. The van der Waals surface area contributed by atoms with Gasteiger partial charge in [-0.15, -0.1) is 0 Å². The first-order valence-corrected chi connectivity index (χ1v) is 9.80. The van der Waals surface area contributed by atoms with Crippen LogP contribution >= 0.6 is 22.9 Å². The lowest BCUT2D eigenvalue weighted by molar-refractivity contribution is -0.136. The van der Waals surface area contributed by atoms with Gasteiger partial charge in [0.1, 0.15) is 0 Å². The number of fused-ring (bicyclic) bond motifs is 4. The van der Waals surface area contributed by atoms with Crippen molar-refractivity contribution in [3.63, 3.8) is 0 Å². The van der Waals surface area contributed by atoms with Gasteiger partial charge in [-0.25, -0.2) is 4.98 Å². The third-order valence-electron chi connectivity index (χ3n) is 5.02. The minimum Gasteiger partial charge on any atom is -0.399 e. The zero-order valence-corrected chi connectivity index (χ0v) is 16.0. The highest BCUT2D eigenvalue weighted by Crippen LogP contribution is 2.41. The van der Waals surface area contributed by atoms with Gasteiger partial charge in [0.05, 0.1) is 22.3 Å². The number of rotatable bonds is 1. The summed E-state index contributed by atoms with van der Waals surface area (Å²) in [5.41, 5.74) is 8.18. The van der Waals surface area contributed by atoms with Crippen LogP contribution in [-0.2, 0) is 19.1 Å². The first kappa shape index (κ1) is 17.6. The van der Waals surface area contributed by atoms with Crippen LogP contribution in [0.2, 0.25) is 5.02 Å². The Morgan fingerprint density at radius 3 is 2.82 bits per heavy atom. The van der Waals surface area contributed by atoms with Crippen LogP contribution in [0.15, 0.2) is 30.3 Å². The SMILES string of the molecule is Nc1cc(C(F)(F)F)c2nc(N3CCc4c([nH]c5ccc(Cl)cc45)C3)sc2c1. The van der Waals surface area contributed by atoms with Crippen molar-refractivity contribution in [3.05, 3.63) is 52.2 Å². The van der Waals surface area contributed by atoms with E-state index >= 15 is 0 Å². The van der Waals surface area contributed by atoms with E-state index in [4.69, 9.17) is 17.3 Å². The zero-order chi connectivity index (χ0) is 19.6. The third kappa shape index (κ3) is 2.79. The number of anilines is 2. The first-order valence-electron chi connectivity index (χ1n) is 8.61. The Balaban J connectivity index is 1.56. The van der Waals surface area contributed by atoms with Crippen molar-refractivity contribution >= 4 is 54.9 Å². The van der Waals surface area contributed by atoms with Crippen molar-refractivity contribution in [2.24, 2.45) is 0 Å². The molecule has 3 heterocycles. The van der Waals surface area contributed by atoms with Gasteiger partial charge in [0, 0.05) is 33.9 Å². The number of nitrogens with zero attached hydrogens (tertiary/aromatic N) is 2. The smallest absolute Gasteiger partial charge is 0.399 e. The standard InChI is InChI=1S/C19H14ClF3N4S/c20-9-1-2-14-12(5-9)11-3-4-27(8-15(11)25-14)18-26-17-13(19(21,22)23)6-10(24)7-16(17)28-18/h1-2,5-7,25H,3-4,8,24H2. The van der Waals surface area contributed by atoms with Crippen molar-refractivity contribution in [2.45, 2.75) is 19.1 Å². The molecule has 3 N–H and O–H groups in total. The molecular formula is C19H14ClF3N4S. The van der Waals surface area contributed by atoms with E-state index in [-0.39, 0.29) is 11.2 Å². The molecule has 0 amide bonds. The Bertz CT molecular complexity index is 1230. The Morgan fingerprint density at radius 2 is 2.04 bits per heavy atom. The van der Waals surface area contributed by atoms with Gasteiger partial charge >= 0.3 is 6.18 Å². The molecule has 0 atom stereocenters. The lowest BCUT2D eigenvalue weighted by atomic mass is 10.0. The van der Waals surface area contributed by atoms with Crippen LogP contribution in [0.4, 0.5) is 24.0 Å². The second-order valence-electron chi connectivity index (χ2n) is 6.85. The second kappa shape index (κ2) is 6.02. The number of alkyl halides is 3. The molecule has 0 fully saturated rings. The number of aromatic nitrogens is 2. The molecule has 144 valence electrons. The molecule has 4 nitrogen and oxygen atoms in total. The van der Waals surface area contributed by atoms with Crippen LogP contribution in [0.5, 0.6) is 0 Å². The van der Waals surface area contributed by atoms with Gasteiger partial charge in [0.2, 0.25) is 0 Å². The fraction of sp³-hybridized carbons (Fsp3) is 0.211. The summed E-state index contributed by atoms with van der Waals surface area (Å²) in [5, 5.41) is 2.34. The summed E-state index contributed by atoms with van der Waals surface area (Å²) in [6.07, 6.45) is -3.73. The predicted octanol–water partition coefficient (Wildman–Crippen LogP) is 5.59. The predicted molar refractivity (Wildman–Crippen MR) is 107 cm³/mol. The molecule has 28 heavy (non-hydrogen) atoms. The van der Waals surface area contributed by atoms with E-state index in [9.17, 15) is 13.2 Å². The van der Waals surface area contributed by atoms with Gasteiger partial charge < -0.3 is 15.6 Å². The lowest BCUT2D eigenvalue weighted by Gasteiger charge is -2.26. The normalized spacial score (nSPS) is 14.8. The molecule has 0 radical (unpaired) electrons. The number of benzene rings is 2. The maximum absolute atomic E-state index is 13.4. The number of hydrogen-bond acceptors (Lipinski definition) is 4. The third-order valence-corrected chi connectivity index (χ3v) is 6.32. The van der Waals surface area contributed by atoms with Crippen LogP contribution in [0.1, 0.15) is 16.8 Å². The largest absolute Gasteiger partial charge is 0.418 e. The van der Waals surface area contributed by atoms with Crippen LogP contribution in [0.25, 0.3) is 21.1 Å². The summed E-state index contributed by atoms with van der Waals surface area (Å²) in [5.74, 6) is 0. The van der Waals surface area contributed by atoms with Crippen LogP contribution in [-0.4, -0.2) is 16.5 Å². The maximum Gasteiger partial charge on any atom is 0.418 e. The summed E-state index contributed by atoms with van der Waals surface area (Å²) in [6, 6.07) is 8.21.